The zero-order chi connectivity index (χ0) is 14.7. The van der Waals surface area contributed by atoms with Gasteiger partial charge in [-0.15, -0.1) is 0 Å². The summed E-state index contributed by atoms with van der Waals surface area (Å²) in [5.74, 6) is 0.697. The van der Waals surface area contributed by atoms with Crippen molar-refractivity contribution in [2.75, 3.05) is 0 Å². The normalized spacial score (nSPS) is 11.9. The van der Waals surface area contributed by atoms with E-state index >= 15 is 0 Å². The second-order valence-corrected chi connectivity index (χ2v) is 4.63. The number of aliphatic hydroxyl groups excluding tert-OH is 1. The molecule has 0 unspecified atom stereocenters. The molecule has 0 saturated heterocycles. The quantitative estimate of drug-likeness (QED) is 0.680. The Bertz CT molecular complexity index is 643. The first-order valence-electron chi connectivity index (χ1n) is 5.87. The molecule has 0 aliphatic carbocycles. The molecule has 1 atom stereocenters. The third-order valence-corrected chi connectivity index (χ3v) is 2.99. The number of hydrogen-bond acceptors (Lipinski definition) is 4. The first kappa shape index (κ1) is 14.3. The number of hydrogen-bond donors (Lipinski definition) is 1. The fraction of sp³-hybridized carbons (Fsp3) is 0.143. The van der Waals surface area contributed by atoms with E-state index in [1.165, 1.54) is 18.2 Å². The first-order valence-corrected chi connectivity index (χ1v) is 6.25. The summed E-state index contributed by atoms with van der Waals surface area (Å²) in [7, 11) is 0. The number of rotatable bonds is 4. The number of ether oxygens (including phenoxy) is 1. The largest absolute Gasteiger partial charge is 0.456 e. The molecule has 0 aliphatic rings. The van der Waals surface area contributed by atoms with E-state index in [9.17, 15) is 15.2 Å². The number of aliphatic hydroxyl groups is 1. The highest BCUT2D eigenvalue weighted by atomic mass is 35.5. The molecule has 2 rings (SSSR count). The minimum atomic E-state index is -0.626. The van der Waals surface area contributed by atoms with Gasteiger partial charge in [0.25, 0.3) is 5.69 Å². The van der Waals surface area contributed by atoms with Gasteiger partial charge >= 0.3 is 0 Å². The van der Waals surface area contributed by atoms with Gasteiger partial charge in [-0.2, -0.15) is 0 Å². The van der Waals surface area contributed by atoms with E-state index in [2.05, 4.69) is 0 Å². The Morgan fingerprint density at radius 2 is 2.05 bits per heavy atom. The molecule has 1 N–H and O–H groups in total. The molecule has 0 radical (unpaired) electrons. The molecule has 0 fully saturated rings. The van der Waals surface area contributed by atoms with Crippen molar-refractivity contribution in [1.82, 2.24) is 0 Å². The highest BCUT2D eigenvalue weighted by molar-refractivity contribution is 6.32. The number of nitro groups is 1. The van der Waals surface area contributed by atoms with Gasteiger partial charge in [-0.1, -0.05) is 23.7 Å². The second-order valence-electron chi connectivity index (χ2n) is 4.22. The molecule has 0 amide bonds. The van der Waals surface area contributed by atoms with Crippen molar-refractivity contribution >= 4 is 17.3 Å². The Labute approximate surface area is 120 Å². The molecule has 20 heavy (non-hydrogen) atoms. The van der Waals surface area contributed by atoms with Crippen LogP contribution >= 0.6 is 11.6 Å². The lowest BCUT2D eigenvalue weighted by molar-refractivity contribution is -0.384. The van der Waals surface area contributed by atoms with E-state index in [0.29, 0.717) is 22.1 Å². The molecular formula is C14H12ClNO4. The third kappa shape index (κ3) is 3.26. The molecule has 0 saturated carbocycles. The van der Waals surface area contributed by atoms with Crippen molar-refractivity contribution in [3.8, 4) is 11.5 Å². The summed E-state index contributed by atoms with van der Waals surface area (Å²) in [6.45, 7) is 1.63. The Hall–Kier alpha value is -2.11. The first-order chi connectivity index (χ1) is 9.47. The standard InChI is InChI=1S/C14H12ClNO4/c1-9(17)10-5-6-14(13(15)7-10)20-12-4-2-3-11(8-12)16(18)19/h2-9,17H,1H3/t9-/m1/s1. The maximum absolute atomic E-state index is 10.7. The van der Waals surface area contributed by atoms with Gasteiger partial charge in [0.05, 0.1) is 22.1 Å². The van der Waals surface area contributed by atoms with Crippen molar-refractivity contribution in [1.29, 1.82) is 0 Å². The highest BCUT2D eigenvalue weighted by Gasteiger charge is 2.10. The van der Waals surface area contributed by atoms with Gasteiger partial charge in [-0.3, -0.25) is 10.1 Å². The summed E-state index contributed by atoms with van der Waals surface area (Å²) in [5.41, 5.74) is 0.612. The molecule has 0 bridgehead atoms. The summed E-state index contributed by atoms with van der Waals surface area (Å²) >= 11 is 6.06. The van der Waals surface area contributed by atoms with Crippen LogP contribution in [0.5, 0.6) is 11.5 Å². The maximum Gasteiger partial charge on any atom is 0.273 e. The number of non-ortho nitro benzene ring substituents is 1. The molecule has 0 spiro atoms. The topological polar surface area (TPSA) is 72.6 Å². The minimum absolute atomic E-state index is 0.0563. The van der Waals surface area contributed by atoms with E-state index in [4.69, 9.17) is 16.3 Å². The molecule has 5 nitrogen and oxygen atoms in total. The van der Waals surface area contributed by atoms with Crippen LogP contribution in [-0.2, 0) is 0 Å². The van der Waals surface area contributed by atoms with Crippen molar-refractivity contribution < 1.29 is 14.8 Å². The van der Waals surface area contributed by atoms with Gasteiger partial charge in [-0.05, 0) is 30.7 Å². The SMILES string of the molecule is C[C@@H](O)c1ccc(Oc2cccc([N+](=O)[O-])c2)c(Cl)c1. The molecule has 104 valence electrons. The Morgan fingerprint density at radius 3 is 2.65 bits per heavy atom. The van der Waals surface area contributed by atoms with Crippen LogP contribution in [0.4, 0.5) is 5.69 Å². The molecule has 6 heteroatoms. The van der Waals surface area contributed by atoms with Crippen LogP contribution in [-0.4, -0.2) is 10.0 Å². The van der Waals surface area contributed by atoms with Crippen LogP contribution in [0.25, 0.3) is 0 Å². The fourth-order valence-electron chi connectivity index (χ4n) is 1.65. The molecule has 2 aromatic rings. The van der Waals surface area contributed by atoms with Crippen LogP contribution in [0.1, 0.15) is 18.6 Å². The van der Waals surface area contributed by atoms with Crippen LogP contribution in [0.3, 0.4) is 0 Å². The molecule has 0 aliphatic heterocycles. The molecular weight excluding hydrogens is 282 g/mol. The van der Waals surface area contributed by atoms with Crippen LogP contribution in [0.15, 0.2) is 42.5 Å². The van der Waals surface area contributed by atoms with Crippen molar-refractivity contribution in [2.24, 2.45) is 0 Å². The monoisotopic (exact) mass is 293 g/mol. The van der Waals surface area contributed by atoms with Crippen molar-refractivity contribution in [3.63, 3.8) is 0 Å². The maximum atomic E-state index is 10.7. The minimum Gasteiger partial charge on any atom is -0.456 e. The molecule has 0 aromatic heterocycles. The smallest absolute Gasteiger partial charge is 0.273 e. The van der Waals surface area contributed by atoms with Crippen LogP contribution in [0, 0.1) is 10.1 Å². The van der Waals surface area contributed by atoms with E-state index in [1.807, 2.05) is 0 Å². The van der Waals surface area contributed by atoms with Gasteiger partial charge in [0.15, 0.2) is 0 Å². The predicted octanol–water partition coefficient (Wildman–Crippen LogP) is 4.09. The van der Waals surface area contributed by atoms with Gasteiger partial charge in [0.2, 0.25) is 0 Å². The number of nitro benzene ring substituents is 1. The lowest BCUT2D eigenvalue weighted by atomic mass is 10.1. The van der Waals surface area contributed by atoms with Gasteiger partial charge < -0.3 is 9.84 Å². The lowest BCUT2D eigenvalue weighted by Crippen LogP contribution is -1.93. The van der Waals surface area contributed by atoms with Gasteiger partial charge in [0.1, 0.15) is 11.5 Å². The Kier molecular flexibility index (Phi) is 4.22. The van der Waals surface area contributed by atoms with Crippen LogP contribution in [0.2, 0.25) is 5.02 Å². The zero-order valence-corrected chi connectivity index (χ0v) is 11.4. The number of nitrogens with zero attached hydrogens (tertiary/aromatic N) is 1. The van der Waals surface area contributed by atoms with Crippen LogP contribution < -0.4 is 4.74 Å². The Morgan fingerprint density at radius 1 is 1.30 bits per heavy atom. The lowest BCUT2D eigenvalue weighted by Gasteiger charge is -2.10. The van der Waals surface area contributed by atoms with E-state index in [-0.39, 0.29) is 5.69 Å². The van der Waals surface area contributed by atoms with E-state index in [1.54, 1.807) is 31.2 Å². The van der Waals surface area contributed by atoms with E-state index in [0.717, 1.165) is 0 Å². The van der Waals surface area contributed by atoms with Crippen molar-refractivity contribution in [2.45, 2.75) is 13.0 Å². The summed E-state index contributed by atoms with van der Waals surface area (Å²) in [6, 6.07) is 10.7. The number of benzene rings is 2. The predicted molar refractivity (Wildman–Crippen MR) is 75.3 cm³/mol. The molecule has 2 aromatic carbocycles. The van der Waals surface area contributed by atoms with Crippen molar-refractivity contribution in [3.05, 3.63) is 63.2 Å². The average Bonchev–Trinajstić information content (AvgIpc) is 2.41. The number of halogens is 1. The molecule has 0 heterocycles. The zero-order valence-electron chi connectivity index (χ0n) is 10.6. The summed E-state index contributed by atoms with van der Waals surface area (Å²) in [5, 5.41) is 20.5. The summed E-state index contributed by atoms with van der Waals surface area (Å²) in [6.07, 6.45) is -0.626. The highest BCUT2D eigenvalue weighted by Crippen LogP contribution is 2.32. The van der Waals surface area contributed by atoms with Gasteiger partial charge in [0, 0.05) is 6.07 Å². The summed E-state index contributed by atoms with van der Waals surface area (Å²) < 4.78 is 5.52. The Balaban J connectivity index is 2.26. The fourth-order valence-corrected chi connectivity index (χ4v) is 1.87. The summed E-state index contributed by atoms with van der Waals surface area (Å²) in [4.78, 5) is 10.2. The average molecular weight is 294 g/mol. The van der Waals surface area contributed by atoms with Gasteiger partial charge in [-0.25, -0.2) is 0 Å². The third-order valence-electron chi connectivity index (χ3n) is 2.69. The van der Waals surface area contributed by atoms with E-state index < -0.39 is 11.0 Å². The second kappa shape index (κ2) is 5.90.